The second kappa shape index (κ2) is 6.01. The molecule has 2 nitrogen and oxygen atoms in total. The molecule has 0 bridgehead atoms. The van der Waals surface area contributed by atoms with Crippen LogP contribution in [0.2, 0.25) is 0 Å². The van der Waals surface area contributed by atoms with Gasteiger partial charge in [0, 0.05) is 25.7 Å². The van der Waals surface area contributed by atoms with Crippen molar-refractivity contribution in [3.8, 4) is 12.3 Å². The van der Waals surface area contributed by atoms with Gasteiger partial charge in [0.15, 0.2) is 0 Å². The van der Waals surface area contributed by atoms with E-state index < -0.39 is 0 Å². The average molecular weight is 181 g/mol. The molecule has 0 aromatic rings. The summed E-state index contributed by atoms with van der Waals surface area (Å²) in [4.78, 5) is 0. The second-order valence-electron chi connectivity index (χ2n) is 3.77. The molecule has 1 N–H and O–H groups in total. The minimum Gasteiger partial charge on any atom is -0.381 e. The molecule has 0 spiro atoms. The van der Waals surface area contributed by atoms with Gasteiger partial charge in [-0.3, -0.25) is 0 Å². The number of hydrogen-bond acceptors (Lipinski definition) is 2. The lowest BCUT2D eigenvalue weighted by Gasteiger charge is -2.23. The molecule has 0 aliphatic carbocycles. The van der Waals surface area contributed by atoms with E-state index in [1.807, 2.05) is 0 Å². The monoisotopic (exact) mass is 181 g/mol. The largest absolute Gasteiger partial charge is 0.381 e. The topological polar surface area (TPSA) is 21.3 Å². The maximum atomic E-state index is 5.29. The van der Waals surface area contributed by atoms with Crippen molar-refractivity contribution in [1.82, 2.24) is 5.32 Å². The lowest BCUT2D eigenvalue weighted by molar-refractivity contribution is 0.0656. The SMILES string of the molecule is C#CCC(C)NCC1CCOCC1. The van der Waals surface area contributed by atoms with E-state index in [9.17, 15) is 0 Å². The van der Waals surface area contributed by atoms with Gasteiger partial charge in [-0.05, 0) is 32.2 Å². The van der Waals surface area contributed by atoms with E-state index in [0.717, 1.165) is 32.1 Å². The van der Waals surface area contributed by atoms with Crippen molar-refractivity contribution in [3.05, 3.63) is 0 Å². The van der Waals surface area contributed by atoms with Gasteiger partial charge in [0.1, 0.15) is 0 Å². The van der Waals surface area contributed by atoms with Crippen molar-refractivity contribution in [1.29, 1.82) is 0 Å². The van der Waals surface area contributed by atoms with Crippen molar-refractivity contribution in [3.63, 3.8) is 0 Å². The highest BCUT2D eigenvalue weighted by atomic mass is 16.5. The standard InChI is InChI=1S/C11H19NO/c1-3-4-10(2)12-9-11-5-7-13-8-6-11/h1,10-12H,4-9H2,2H3. The summed E-state index contributed by atoms with van der Waals surface area (Å²) in [7, 11) is 0. The van der Waals surface area contributed by atoms with Gasteiger partial charge in [0.25, 0.3) is 0 Å². The molecule has 1 fully saturated rings. The molecule has 0 aromatic carbocycles. The molecule has 13 heavy (non-hydrogen) atoms. The zero-order valence-electron chi connectivity index (χ0n) is 8.38. The van der Waals surface area contributed by atoms with E-state index in [2.05, 4.69) is 18.2 Å². The highest BCUT2D eigenvalue weighted by Crippen LogP contribution is 2.13. The summed E-state index contributed by atoms with van der Waals surface area (Å²) in [6.45, 7) is 5.08. The minimum atomic E-state index is 0.452. The fourth-order valence-electron chi connectivity index (χ4n) is 1.57. The van der Waals surface area contributed by atoms with Crippen LogP contribution in [0.3, 0.4) is 0 Å². The number of ether oxygens (including phenoxy) is 1. The number of hydrogen-bond donors (Lipinski definition) is 1. The summed E-state index contributed by atoms with van der Waals surface area (Å²) >= 11 is 0. The highest BCUT2D eigenvalue weighted by Gasteiger charge is 2.13. The first-order chi connectivity index (χ1) is 6.33. The molecule has 0 saturated carbocycles. The van der Waals surface area contributed by atoms with Crippen molar-refractivity contribution in [2.24, 2.45) is 5.92 Å². The first kappa shape index (κ1) is 10.6. The summed E-state index contributed by atoms with van der Waals surface area (Å²) in [6, 6.07) is 0.452. The Balaban J connectivity index is 2.07. The van der Waals surface area contributed by atoms with Crippen molar-refractivity contribution in [2.75, 3.05) is 19.8 Å². The molecule has 1 atom stereocenters. The predicted octanol–water partition coefficient (Wildman–Crippen LogP) is 1.41. The Hall–Kier alpha value is -0.520. The molecule has 0 aromatic heterocycles. The maximum Gasteiger partial charge on any atom is 0.0469 e. The lowest BCUT2D eigenvalue weighted by Crippen LogP contribution is -2.33. The molecule has 1 saturated heterocycles. The van der Waals surface area contributed by atoms with Crippen molar-refractivity contribution < 1.29 is 4.74 Å². The van der Waals surface area contributed by atoms with E-state index in [-0.39, 0.29) is 0 Å². The summed E-state index contributed by atoms with van der Waals surface area (Å²) < 4.78 is 5.29. The third kappa shape index (κ3) is 4.31. The Morgan fingerprint density at radius 3 is 2.85 bits per heavy atom. The van der Waals surface area contributed by atoms with Gasteiger partial charge >= 0.3 is 0 Å². The quantitative estimate of drug-likeness (QED) is 0.662. The lowest BCUT2D eigenvalue weighted by atomic mass is 10.00. The molecule has 1 aliphatic heterocycles. The van der Waals surface area contributed by atoms with Crippen LogP contribution in [-0.2, 0) is 4.74 Å². The van der Waals surface area contributed by atoms with Crippen LogP contribution < -0.4 is 5.32 Å². The Bertz CT molecular complexity index is 167. The van der Waals surface area contributed by atoms with Gasteiger partial charge in [-0.1, -0.05) is 0 Å². The smallest absolute Gasteiger partial charge is 0.0469 e. The van der Waals surface area contributed by atoms with E-state index in [1.165, 1.54) is 12.8 Å². The van der Waals surface area contributed by atoms with Gasteiger partial charge < -0.3 is 10.1 Å². The van der Waals surface area contributed by atoms with Crippen molar-refractivity contribution in [2.45, 2.75) is 32.2 Å². The number of nitrogens with one attached hydrogen (secondary N) is 1. The minimum absolute atomic E-state index is 0.452. The van der Waals surface area contributed by atoms with Gasteiger partial charge in [-0.2, -0.15) is 0 Å². The van der Waals surface area contributed by atoms with E-state index in [4.69, 9.17) is 11.2 Å². The van der Waals surface area contributed by atoms with Gasteiger partial charge in [-0.25, -0.2) is 0 Å². The zero-order chi connectivity index (χ0) is 9.52. The molecule has 1 rings (SSSR count). The first-order valence-corrected chi connectivity index (χ1v) is 5.07. The Morgan fingerprint density at radius 2 is 2.23 bits per heavy atom. The van der Waals surface area contributed by atoms with Crippen LogP contribution in [0.5, 0.6) is 0 Å². The van der Waals surface area contributed by atoms with Crippen LogP contribution in [0.1, 0.15) is 26.2 Å². The summed E-state index contributed by atoms with van der Waals surface area (Å²) in [5.41, 5.74) is 0. The summed E-state index contributed by atoms with van der Waals surface area (Å²) in [5, 5.41) is 3.46. The normalized spacial score (nSPS) is 20.9. The predicted molar refractivity (Wildman–Crippen MR) is 54.5 cm³/mol. The zero-order valence-corrected chi connectivity index (χ0v) is 8.38. The first-order valence-electron chi connectivity index (χ1n) is 5.07. The molecule has 0 amide bonds. The van der Waals surface area contributed by atoms with Gasteiger partial charge in [0.2, 0.25) is 0 Å². The van der Waals surface area contributed by atoms with Crippen LogP contribution in [0, 0.1) is 18.3 Å². The third-order valence-electron chi connectivity index (χ3n) is 2.52. The maximum absolute atomic E-state index is 5.29. The van der Waals surface area contributed by atoms with Gasteiger partial charge in [-0.15, -0.1) is 12.3 Å². The fraction of sp³-hybridized carbons (Fsp3) is 0.818. The van der Waals surface area contributed by atoms with E-state index in [0.29, 0.717) is 6.04 Å². The Morgan fingerprint density at radius 1 is 1.54 bits per heavy atom. The van der Waals surface area contributed by atoms with E-state index >= 15 is 0 Å². The van der Waals surface area contributed by atoms with Crippen LogP contribution in [-0.4, -0.2) is 25.8 Å². The Labute approximate surface area is 81.0 Å². The third-order valence-corrected chi connectivity index (χ3v) is 2.52. The van der Waals surface area contributed by atoms with E-state index in [1.54, 1.807) is 0 Å². The van der Waals surface area contributed by atoms with Crippen LogP contribution in [0.25, 0.3) is 0 Å². The molecule has 1 aliphatic rings. The fourth-order valence-corrected chi connectivity index (χ4v) is 1.57. The van der Waals surface area contributed by atoms with Crippen molar-refractivity contribution >= 4 is 0 Å². The number of terminal acetylenes is 1. The van der Waals surface area contributed by atoms with Crippen LogP contribution >= 0.6 is 0 Å². The molecule has 0 radical (unpaired) electrons. The highest BCUT2D eigenvalue weighted by molar-refractivity contribution is 4.88. The molecular formula is C11H19NO. The summed E-state index contributed by atoms with van der Waals surface area (Å²) in [5.74, 6) is 3.45. The molecule has 2 heteroatoms. The van der Waals surface area contributed by atoms with Crippen LogP contribution in [0.4, 0.5) is 0 Å². The molecule has 74 valence electrons. The molecular weight excluding hydrogens is 162 g/mol. The summed E-state index contributed by atoms with van der Waals surface area (Å²) in [6.07, 6.45) is 8.43. The molecule has 1 heterocycles. The number of rotatable bonds is 4. The average Bonchev–Trinajstić information content (AvgIpc) is 2.17. The molecule has 1 unspecified atom stereocenters. The Kier molecular flexibility index (Phi) is 4.88. The van der Waals surface area contributed by atoms with Crippen LogP contribution in [0.15, 0.2) is 0 Å². The van der Waals surface area contributed by atoms with Gasteiger partial charge in [0.05, 0.1) is 0 Å². The second-order valence-corrected chi connectivity index (χ2v) is 3.77.